The lowest BCUT2D eigenvalue weighted by Crippen LogP contribution is -2.11. The molecule has 1 heterocycles. The summed E-state index contributed by atoms with van der Waals surface area (Å²) in [5.41, 5.74) is 3.57. The first kappa shape index (κ1) is 16.8. The summed E-state index contributed by atoms with van der Waals surface area (Å²) in [4.78, 5) is 6.11. The summed E-state index contributed by atoms with van der Waals surface area (Å²) in [5, 5.41) is 0.997. The predicted molar refractivity (Wildman–Crippen MR) is 104 cm³/mol. The fourth-order valence-corrected chi connectivity index (χ4v) is 4.51. The summed E-state index contributed by atoms with van der Waals surface area (Å²) in [6.07, 6.45) is 1.59. The van der Waals surface area contributed by atoms with E-state index in [1.807, 2.05) is 12.1 Å². The molecule has 0 saturated carbocycles. The maximum atomic E-state index is 8.79. The van der Waals surface area contributed by atoms with Crippen LogP contribution in [0.4, 0.5) is 0 Å². The molecule has 1 aliphatic heterocycles. The highest BCUT2D eigenvalue weighted by molar-refractivity contribution is 8.05. The summed E-state index contributed by atoms with van der Waals surface area (Å²) >= 11 is 0. The number of allylic oxidation sites excluding steroid dienone is 2. The molecule has 0 aromatic heterocycles. The fraction of sp³-hybridized carbons (Fsp3) is 0.286. The Bertz CT molecular complexity index is 797. The van der Waals surface area contributed by atoms with Crippen molar-refractivity contribution >= 4 is 15.7 Å². The molecule has 2 nitrogen and oxygen atoms in total. The van der Waals surface area contributed by atoms with Gasteiger partial charge in [0.05, 0.1) is 10.7 Å². The Labute approximate surface area is 147 Å². The quantitative estimate of drug-likeness (QED) is 0.763. The van der Waals surface area contributed by atoms with E-state index in [0.29, 0.717) is 0 Å². The third-order valence-electron chi connectivity index (χ3n) is 4.10. The third kappa shape index (κ3) is 3.73. The standard InChI is InChI=1S/C21H24N2S/c1-21(2,3)20-18(14-16-10-6-4-7-11-16)24(22)19(23-20)15-17-12-8-5-9-13-17/h4-13,22H,14-15H2,1-3H3. The second-order valence-corrected chi connectivity index (χ2v) is 8.73. The molecule has 0 bridgehead atoms. The first-order valence-electron chi connectivity index (χ1n) is 8.30. The zero-order valence-electron chi connectivity index (χ0n) is 14.5. The highest BCUT2D eigenvalue weighted by Gasteiger charge is 2.30. The molecule has 2 aromatic carbocycles. The van der Waals surface area contributed by atoms with Crippen molar-refractivity contribution in [2.75, 3.05) is 0 Å². The van der Waals surface area contributed by atoms with Crippen LogP contribution in [0.25, 0.3) is 0 Å². The van der Waals surface area contributed by atoms with Gasteiger partial charge in [0.25, 0.3) is 0 Å². The summed E-state index contributed by atoms with van der Waals surface area (Å²) in [5.74, 6) is 0. The van der Waals surface area contributed by atoms with Gasteiger partial charge in [-0.25, -0.2) is 4.99 Å². The van der Waals surface area contributed by atoms with Crippen LogP contribution < -0.4 is 0 Å². The molecule has 0 spiro atoms. The van der Waals surface area contributed by atoms with Crippen LogP contribution in [0, 0.1) is 10.2 Å². The van der Waals surface area contributed by atoms with Crippen LogP contribution in [0.1, 0.15) is 31.9 Å². The van der Waals surface area contributed by atoms with Crippen molar-refractivity contribution in [1.82, 2.24) is 0 Å². The van der Waals surface area contributed by atoms with E-state index in [2.05, 4.69) is 69.3 Å². The average molecular weight is 337 g/mol. The van der Waals surface area contributed by atoms with E-state index in [0.717, 1.165) is 23.6 Å². The van der Waals surface area contributed by atoms with Gasteiger partial charge in [-0.05, 0) is 21.8 Å². The molecule has 0 fully saturated rings. The van der Waals surface area contributed by atoms with Crippen LogP contribution in [0.15, 0.2) is 76.3 Å². The molecule has 1 atom stereocenters. The van der Waals surface area contributed by atoms with Crippen molar-refractivity contribution in [2.45, 2.75) is 33.6 Å². The van der Waals surface area contributed by atoms with Gasteiger partial charge in [-0.15, -0.1) is 0 Å². The lowest BCUT2D eigenvalue weighted by atomic mass is 9.91. The van der Waals surface area contributed by atoms with Crippen molar-refractivity contribution in [1.29, 1.82) is 4.78 Å². The van der Waals surface area contributed by atoms with Gasteiger partial charge in [0.1, 0.15) is 0 Å². The molecule has 1 unspecified atom stereocenters. The maximum Gasteiger partial charge on any atom is 0.0927 e. The molecule has 24 heavy (non-hydrogen) atoms. The molecule has 3 heteroatoms. The van der Waals surface area contributed by atoms with E-state index in [4.69, 9.17) is 9.77 Å². The Morgan fingerprint density at radius 3 is 1.83 bits per heavy atom. The van der Waals surface area contributed by atoms with Crippen LogP contribution in [-0.4, -0.2) is 5.04 Å². The molecule has 124 valence electrons. The number of hydrogen-bond acceptors (Lipinski definition) is 2. The largest absolute Gasteiger partial charge is 0.270 e. The van der Waals surface area contributed by atoms with Gasteiger partial charge >= 0.3 is 0 Å². The summed E-state index contributed by atoms with van der Waals surface area (Å²) in [6, 6.07) is 20.8. The Morgan fingerprint density at radius 2 is 1.33 bits per heavy atom. The van der Waals surface area contributed by atoms with E-state index < -0.39 is 10.7 Å². The first-order valence-corrected chi connectivity index (χ1v) is 9.52. The summed E-state index contributed by atoms with van der Waals surface area (Å²) in [7, 11) is -0.646. The van der Waals surface area contributed by atoms with Crippen LogP contribution in [-0.2, 0) is 23.5 Å². The Balaban J connectivity index is 1.91. The van der Waals surface area contributed by atoms with Crippen molar-refractivity contribution in [3.63, 3.8) is 0 Å². The molecular formula is C21H24N2S. The number of benzene rings is 2. The minimum Gasteiger partial charge on any atom is -0.270 e. The summed E-state index contributed by atoms with van der Waals surface area (Å²) < 4.78 is 8.79. The average Bonchev–Trinajstić information content (AvgIpc) is 2.86. The number of aliphatic imine (C=N–C) groups is 1. The topological polar surface area (TPSA) is 36.2 Å². The van der Waals surface area contributed by atoms with Crippen LogP contribution in [0.3, 0.4) is 0 Å². The van der Waals surface area contributed by atoms with Gasteiger partial charge in [0.15, 0.2) is 0 Å². The number of rotatable bonds is 4. The normalized spacial score (nSPS) is 18.0. The number of nitrogens with zero attached hydrogens (tertiary/aromatic N) is 1. The Morgan fingerprint density at radius 1 is 0.833 bits per heavy atom. The van der Waals surface area contributed by atoms with Crippen molar-refractivity contribution in [2.24, 2.45) is 10.4 Å². The second-order valence-electron chi connectivity index (χ2n) is 7.16. The lowest BCUT2D eigenvalue weighted by molar-refractivity contribution is 0.496. The third-order valence-corrected chi connectivity index (χ3v) is 5.64. The van der Waals surface area contributed by atoms with Gasteiger partial charge in [-0.3, -0.25) is 4.78 Å². The highest BCUT2D eigenvalue weighted by Crippen LogP contribution is 2.37. The van der Waals surface area contributed by atoms with E-state index in [-0.39, 0.29) is 5.41 Å². The minimum absolute atomic E-state index is 0.0329. The Hall–Kier alpha value is -2.00. The zero-order chi connectivity index (χ0) is 17.2. The van der Waals surface area contributed by atoms with E-state index in [1.54, 1.807) is 0 Å². The van der Waals surface area contributed by atoms with Gasteiger partial charge in [-0.2, -0.15) is 0 Å². The molecule has 0 saturated heterocycles. The van der Waals surface area contributed by atoms with E-state index in [1.165, 1.54) is 16.0 Å². The number of hydrogen-bond donors (Lipinski definition) is 1. The first-order chi connectivity index (χ1) is 11.4. The number of nitrogens with one attached hydrogen (secondary N) is 1. The van der Waals surface area contributed by atoms with Crippen LogP contribution in [0.2, 0.25) is 0 Å². The lowest BCUT2D eigenvalue weighted by Gasteiger charge is -2.19. The SMILES string of the molecule is CC(C)(C)C1=C(Cc2ccccc2)S(=N)C(Cc2ccccc2)=N1. The van der Waals surface area contributed by atoms with Crippen molar-refractivity contribution in [3.8, 4) is 0 Å². The smallest absolute Gasteiger partial charge is 0.0927 e. The predicted octanol–water partition coefficient (Wildman–Crippen LogP) is 5.52. The Kier molecular flexibility index (Phi) is 4.81. The molecule has 1 N–H and O–H groups in total. The second kappa shape index (κ2) is 6.86. The van der Waals surface area contributed by atoms with Crippen molar-refractivity contribution < 1.29 is 0 Å². The van der Waals surface area contributed by atoms with Gasteiger partial charge < -0.3 is 0 Å². The molecule has 3 rings (SSSR count). The van der Waals surface area contributed by atoms with Crippen molar-refractivity contribution in [3.05, 3.63) is 82.4 Å². The van der Waals surface area contributed by atoms with Gasteiger partial charge in [-0.1, -0.05) is 81.4 Å². The van der Waals surface area contributed by atoms with Gasteiger partial charge in [0, 0.05) is 23.2 Å². The molecule has 0 amide bonds. The van der Waals surface area contributed by atoms with Crippen LogP contribution in [0.5, 0.6) is 0 Å². The van der Waals surface area contributed by atoms with E-state index >= 15 is 0 Å². The van der Waals surface area contributed by atoms with Crippen LogP contribution >= 0.6 is 0 Å². The monoisotopic (exact) mass is 336 g/mol. The minimum atomic E-state index is -0.646. The van der Waals surface area contributed by atoms with Gasteiger partial charge in [0.2, 0.25) is 0 Å². The molecule has 1 aliphatic rings. The van der Waals surface area contributed by atoms with E-state index in [9.17, 15) is 0 Å². The maximum absolute atomic E-state index is 8.79. The fourth-order valence-electron chi connectivity index (χ4n) is 2.88. The molecular weight excluding hydrogens is 312 g/mol. The summed E-state index contributed by atoms with van der Waals surface area (Å²) in [6.45, 7) is 6.58. The molecule has 0 radical (unpaired) electrons. The highest BCUT2D eigenvalue weighted by atomic mass is 32.2. The molecule has 0 aliphatic carbocycles. The molecule has 2 aromatic rings. The zero-order valence-corrected chi connectivity index (χ0v) is 15.4.